The number of nitrogens with zero attached hydrogens (tertiary/aromatic N) is 1. The van der Waals surface area contributed by atoms with E-state index >= 15 is 0 Å². The molecule has 2 aromatic carbocycles. The van der Waals surface area contributed by atoms with Crippen LogP contribution >= 0.6 is 0 Å². The predicted octanol–water partition coefficient (Wildman–Crippen LogP) is 5.03. The minimum absolute atomic E-state index is 0.527. The summed E-state index contributed by atoms with van der Waals surface area (Å²) in [6.07, 6.45) is 0. The summed E-state index contributed by atoms with van der Waals surface area (Å²) in [4.78, 5) is 3.46. The van der Waals surface area contributed by atoms with E-state index in [2.05, 4.69) is 43.0 Å². The van der Waals surface area contributed by atoms with Crippen molar-refractivity contribution in [2.75, 3.05) is 0 Å². The van der Waals surface area contributed by atoms with Crippen LogP contribution in [-0.2, 0) is 0 Å². The molecule has 0 aliphatic heterocycles. The Morgan fingerprint density at radius 2 is 1.59 bits per heavy atom. The Kier molecular flexibility index (Phi) is 3.25. The Bertz CT molecular complexity index is 562. The number of hydrogen-bond donors (Lipinski definition) is 0. The van der Waals surface area contributed by atoms with Gasteiger partial charge in [0.15, 0.2) is 5.69 Å². The standard InChI is InChI=1S/C16H15N/c1-12(2)13-6-4-7-14(10-13)15-8-5-9-16(11-15)17-3/h4-12H,1-2H3. The fourth-order valence-electron chi connectivity index (χ4n) is 1.83. The summed E-state index contributed by atoms with van der Waals surface area (Å²) in [6.45, 7) is 11.4. The van der Waals surface area contributed by atoms with Gasteiger partial charge in [-0.05, 0) is 28.7 Å². The van der Waals surface area contributed by atoms with Crippen molar-refractivity contribution >= 4 is 5.69 Å². The second kappa shape index (κ2) is 4.84. The lowest BCUT2D eigenvalue weighted by Gasteiger charge is -2.08. The highest BCUT2D eigenvalue weighted by molar-refractivity contribution is 5.69. The highest BCUT2D eigenvalue weighted by Gasteiger charge is 2.02. The van der Waals surface area contributed by atoms with Crippen LogP contribution in [0.3, 0.4) is 0 Å². The Balaban J connectivity index is 2.46. The van der Waals surface area contributed by atoms with Gasteiger partial charge < -0.3 is 0 Å². The summed E-state index contributed by atoms with van der Waals surface area (Å²) in [5, 5.41) is 0. The predicted molar refractivity (Wildman–Crippen MR) is 72.2 cm³/mol. The Morgan fingerprint density at radius 1 is 0.941 bits per heavy atom. The second-order valence-electron chi connectivity index (χ2n) is 4.44. The molecule has 0 radical (unpaired) electrons. The van der Waals surface area contributed by atoms with Crippen molar-refractivity contribution < 1.29 is 0 Å². The van der Waals surface area contributed by atoms with Gasteiger partial charge in [0.05, 0.1) is 6.57 Å². The van der Waals surface area contributed by atoms with Crippen LogP contribution in [0.5, 0.6) is 0 Å². The third-order valence-electron chi connectivity index (χ3n) is 2.86. The van der Waals surface area contributed by atoms with E-state index in [1.54, 1.807) is 0 Å². The maximum absolute atomic E-state index is 7.04. The lowest BCUT2D eigenvalue weighted by Crippen LogP contribution is -1.87. The molecule has 0 atom stereocenters. The first-order chi connectivity index (χ1) is 8.20. The highest BCUT2D eigenvalue weighted by atomic mass is 14.6. The van der Waals surface area contributed by atoms with E-state index in [1.807, 2.05) is 24.3 Å². The fourth-order valence-corrected chi connectivity index (χ4v) is 1.83. The molecule has 84 valence electrons. The van der Waals surface area contributed by atoms with Crippen molar-refractivity contribution in [1.29, 1.82) is 0 Å². The topological polar surface area (TPSA) is 4.36 Å². The van der Waals surface area contributed by atoms with Crippen LogP contribution in [-0.4, -0.2) is 0 Å². The zero-order valence-electron chi connectivity index (χ0n) is 10.1. The summed E-state index contributed by atoms with van der Waals surface area (Å²) in [5.74, 6) is 0.527. The van der Waals surface area contributed by atoms with E-state index < -0.39 is 0 Å². The first-order valence-corrected chi connectivity index (χ1v) is 5.78. The molecule has 2 rings (SSSR count). The largest absolute Gasteiger partial charge is 0.238 e. The molecule has 1 nitrogen and oxygen atoms in total. The molecule has 0 saturated heterocycles. The molecule has 2 aromatic rings. The van der Waals surface area contributed by atoms with Crippen molar-refractivity contribution in [3.63, 3.8) is 0 Å². The molecule has 0 bridgehead atoms. The van der Waals surface area contributed by atoms with Crippen LogP contribution in [0.1, 0.15) is 25.3 Å². The molecular formula is C16H15N. The third-order valence-corrected chi connectivity index (χ3v) is 2.86. The number of hydrogen-bond acceptors (Lipinski definition) is 0. The van der Waals surface area contributed by atoms with Crippen LogP contribution in [0.25, 0.3) is 16.0 Å². The van der Waals surface area contributed by atoms with E-state index in [1.165, 1.54) is 11.1 Å². The smallest absolute Gasteiger partial charge is 0.187 e. The molecule has 0 heterocycles. The molecule has 0 aliphatic rings. The van der Waals surface area contributed by atoms with E-state index in [0.29, 0.717) is 11.6 Å². The van der Waals surface area contributed by atoms with Gasteiger partial charge in [-0.15, -0.1) is 0 Å². The maximum Gasteiger partial charge on any atom is 0.187 e. The Labute approximate surface area is 103 Å². The van der Waals surface area contributed by atoms with Crippen LogP contribution < -0.4 is 0 Å². The molecule has 1 heteroatoms. The van der Waals surface area contributed by atoms with Crippen molar-refractivity contribution in [2.24, 2.45) is 0 Å². The van der Waals surface area contributed by atoms with E-state index in [-0.39, 0.29) is 0 Å². The van der Waals surface area contributed by atoms with Crippen LogP contribution in [0.15, 0.2) is 48.5 Å². The van der Waals surface area contributed by atoms with Crippen molar-refractivity contribution in [1.82, 2.24) is 0 Å². The number of benzene rings is 2. The third kappa shape index (κ3) is 2.54. The molecule has 0 N–H and O–H groups in total. The molecule has 0 aliphatic carbocycles. The normalized spacial score (nSPS) is 10.2. The molecular weight excluding hydrogens is 206 g/mol. The number of rotatable bonds is 2. The molecule has 17 heavy (non-hydrogen) atoms. The Hall–Kier alpha value is -2.07. The fraction of sp³-hybridized carbons (Fsp3) is 0.188. The lowest BCUT2D eigenvalue weighted by atomic mass is 9.97. The van der Waals surface area contributed by atoms with Gasteiger partial charge in [-0.25, -0.2) is 4.85 Å². The molecule has 0 amide bonds. The monoisotopic (exact) mass is 221 g/mol. The van der Waals surface area contributed by atoms with Crippen molar-refractivity contribution in [3.05, 3.63) is 65.5 Å². The Morgan fingerprint density at radius 3 is 2.24 bits per heavy atom. The maximum atomic E-state index is 7.04. The van der Waals surface area contributed by atoms with Gasteiger partial charge in [0.2, 0.25) is 0 Å². The summed E-state index contributed by atoms with van der Waals surface area (Å²) < 4.78 is 0. The summed E-state index contributed by atoms with van der Waals surface area (Å²) in [6, 6.07) is 16.3. The van der Waals surface area contributed by atoms with Crippen LogP contribution in [0, 0.1) is 6.57 Å². The van der Waals surface area contributed by atoms with Gasteiger partial charge in [-0.1, -0.05) is 56.3 Å². The van der Waals surface area contributed by atoms with Gasteiger partial charge in [-0.3, -0.25) is 0 Å². The average Bonchev–Trinajstić information content (AvgIpc) is 2.39. The van der Waals surface area contributed by atoms with E-state index in [9.17, 15) is 0 Å². The van der Waals surface area contributed by atoms with Gasteiger partial charge in [0.25, 0.3) is 0 Å². The first-order valence-electron chi connectivity index (χ1n) is 5.78. The average molecular weight is 221 g/mol. The zero-order chi connectivity index (χ0) is 12.3. The molecule has 0 unspecified atom stereocenters. The SMILES string of the molecule is [C-]#[N+]c1cccc(-c2cccc(C(C)C)c2)c1. The van der Waals surface area contributed by atoms with Crippen molar-refractivity contribution in [3.8, 4) is 11.1 Å². The van der Waals surface area contributed by atoms with E-state index in [4.69, 9.17) is 6.57 Å². The molecule has 0 aromatic heterocycles. The highest BCUT2D eigenvalue weighted by Crippen LogP contribution is 2.26. The molecule has 0 saturated carbocycles. The van der Waals surface area contributed by atoms with Crippen LogP contribution in [0.2, 0.25) is 0 Å². The minimum Gasteiger partial charge on any atom is -0.238 e. The van der Waals surface area contributed by atoms with Gasteiger partial charge in [0.1, 0.15) is 0 Å². The first kappa shape index (κ1) is 11.4. The zero-order valence-corrected chi connectivity index (χ0v) is 10.1. The minimum atomic E-state index is 0.527. The molecule has 0 fully saturated rings. The van der Waals surface area contributed by atoms with Gasteiger partial charge >= 0.3 is 0 Å². The van der Waals surface area contributed by atoms with Crippen LogP contribution in [0.4, 0.5) is 5.69 Å². The van der Waals surface area contributed by atoms with Gasteiger partial charge in [-0.2, -0.15) is 0 Å². The molecule has 0 spiro atoms. The summed E-state index contributed by atoms with van der Waals surface area (Å²) in [7, 11) is 0. The van der Waals surface area contributed by atoms with Crippen molar-refractivity contribution in [2.45, 2.75) is 19.8 Å². The second-order valence-corrected chi connectivity index (χ2v) is 4.44. The summed E-state index contributed by atoms with van der Waals surface area (Å²) >= 11 is 0. The summed E-state index contributed by atoms with van der Waals surface area (Å²) in [5.41, 5.74) is 4.32. The van der Waals surface area contributed by atoms with E-state index in [0.717, 1.165) is 5.56 Å². The lowest BCUT2D eigenvalue weighted by molar-refractivity contribution is 0.867. The van der Waals surface area contributed by atoms with Gasteiger partial charge in [0, 0.05) is 0 Å². The quantitative estimate of drug-likeness (QED) is 0.626.